The van der Waals surface area contributed by atoms with Gasteiger partial charge in [-0.05, 0) is 48.8 Å². The van der Waals surface area contributed by atoms with Gasteiger partial charge in [0.05, 0.1) is 0 Å². The second-order valence-electron chi connectivity index (χ2n) is 5.92. The number of rotatable bonds is 4. The Labute approximate surface area is 110 Å². The lowest BCUT2D eigenvalue weighted by Gasteiger charge is -2.41. The molecule has 0 saturated heterocycles. The van der Waals surface area contributed by atoms with Crippen LogP contribution in [0.2, 0.25) is 0 Å². The van der Waals surface area contributed by atoms with E-state index in [0.717, 1.165) is 11.8 Å². The molecule has 3 rings (SSSR count). The molecule has 1 aromatic rings. The molecule has 1 heteroatoms. The zero-order valence-electron chi connectivity index (χ0n) is 11.4. The molecular formula is C17H23N. The van der Waals surface area contributed by atoms with Gasteiger partial charge in [0.2, 0.25) is 0 Å². The number of anilines is 1. The van der Waals surface area contributed by atoms with Crippen molar-refractivity contribution in [3.05, 3.63) is 42.0 Å². The summed E-state index contributed by atoms with van der Waals surface area (Å²) in [7, 11) is 0. The Morgan fingerprint density at radius 2 is 2.06 bits per heavy atom. The van der Waals surface area contributed by atoms with Crippen LogP contribution in [-0.4, -0.2) is 6.04 Å². The van der Waals surface area contributed by atoms with Crippen LogP contribution in [0.25, 0.3) is 0 Å². The van der Waals surface area contributed by atoms with E-state index in [2.05, 4.69) is 55.6 Å². The molecule has 0 radical (unpaired) electrons. The van der Waals surface area contributed by atoms with Gasteiger partial charge in [0.15, 0.2) is 0 Å². The normalized spacial score (nSPS) is 30.7. The van der Waals surface area contributed by atoms with Gasteiger partial charge in [0, 0.05) is 17.6 Å². The maximum Gasteiger partial charge on any atom is 0.0342 e. The Bertz CT molecular complexity index is 431. The molecule has 0 bridgehead atoms. The Hall–Kier alpha value is -1.24. The summed E-state index contributed by atoms with van der Waals surface area (Å²) in [6.07, 6.45) is 8.60. The van der Waals surface area contributed by atoms with Crippen LogP contribution >= 0.6 is 0 Å². The third-order valence-electron chi connectivity index (χ3n) is 4.81. The van der Waals surface area contributed by atoms with E-state index in [1.807, 2.05) is 0 Å². The van der Waals surface area contributed by atoms with Crippen LogP contribution in [0.5, 0.6) is 0 Å². The highest BCUT2D eigenvalue weighted by atomic mass is 14.9. The minimum atomic E-state index is 0.670. The van der Waals surface area contributed by atoms with Gasteiger partial charge in [-0.15, -0.1) is 0 Å². The zero-order valence-corrected chi connectivity index (χ0v) is 11.4. The van der Waals surface area contributed by atoms with Crippen molar-refractivity contribution in [2.24, 2.45) is 11.8 Å². The van der Waals surface area contributed by atoms with E-state index in [4.69, 9.17) is 0 Å². The topological polar surface area (TPSA) is 12.0 Å². The first kappa shape index (κ1) is 11.8. The van der Waals surface area contributed by atoms with Gasteiger partial charge < -0.3 is 5.32 Å². The number of nitrogens with one attached hydrogen (secondary N) is 1. The summed E-state index contributed by atoms with van der Waals surface area (Å²) in [5, 5.41) is 3.68. The van der Waals surface area contributed by atoms with E-state index in [9.17, 15) is 0 Å². The molecule has 4 unspecified atom stereocenters. The summed E-state index contributed by atoms with van der Waals surface area (Å²) in [6, 6.07) is 9.71. The largest absolute Gasteiger partial charge is 0.382 e. The summed E-state index contributed by atoms with van der Waals surface area (Å²) >= 11 is 0. The Morgan fingerprint density at radius 3 is 2.72 bits per heavy atom. The smallest absolute Gasteiger partial charge is 0.0342 e. The minimum Gasteiger partial charge on any atom is -0.382 e. The summed E-state index contributed by atoms with van der Waals surface area (Å²) in [5.41, 5.74) is 2.74. The lowest BCUT2D eigenvalue weighted by atomic mass is 9.71. The second-order valence-corrected chi connectivity index (χ2v) is 5.92. The predicted octanol–water partition coefficient (Wildman–Crippen LogP) is 4.58. The molecule has 0 heterocycles. The SMILES string of the molecule is CCC(C)c1ccc(NC2CC3CC=CC32)cc1. The fourth-order valence-corrected chi connectivity index (χ4v) is 3.24. The van der Waals surface area contributed by atoms with E-state index < -0.39 is 0 Å². The van der Waals surface area contributed by atoms with Crippen LogP contribution in [0.1, 0.15) is 44.6 Å². The lowest BCUT2D eigenvalue weighted by molar-refractivity contribution is 0.218. The molecule has 1 aromatic carbocycles. The quantitative estimate of drug-likeness (QED) is 0.761. The van der Waals surface area contributed by atoms with Gasteiger partial charge in [-0.25, -0.2) is 0 Å². The highest BCUT2D eigenvalue weighted by molar-refractivity contribution is 5.47. The van der Waals surface area contributed by atoms with E-state index >= 15 is 0 Å². The molecular weight excluding hydrogens is 218 g/mol. The van der Waals surface area contributed by atoms with Gasteiger partial charge in [-0.1, -0.05) is 38.1 Å². The average molecular weight is 241 g/mol. The molecule has 0 aromatic heterocycles. The van der Waals surface area contributed by atoms with Crippen molar-refractivity contribution in [2.45, 2.75) is 45.1 Å². The van der Waals surface area contributed by atoms with E-state index in [-0.39, 0.29) is 0 Å². The number of benzene rings is 1. The number of allylic oxidation sites excluding steroid dienone is 1. The molecule has 1 nitrogen and oxygen atoms in total. The van der Waals surface area contributed by atoms with Crippen molar-refractivity contribution < 1.29 is 0 Å². The maximum atomic E-state index is 3.68. The zero-order chi connectivity index (χ0) is 12.5. The van der Waals surface area contributed by atoms with Gasteiger partial charge in [0.25, 0.3) is 0 Å². The van der Waals surface area contributed by atoms with Gasteiger partial charge in [0.1, 0.15) is 0 Å². The Morgan fingerprint density at radius 1 is 1.28 bits per heavy atom. The highest BCUT2D eigenvalue weighted by Crippen LogP contribution is 2.44. The molecule has 2 aliphatic carbocycles. The number of hydrogen-bond donors (Lipinski definition) is 1. The molecule has 18 heavy (non-hydrogen) atoms. The first-order chi connectivity index (χ1) is 8.78. The van der Waals surface area contributed by atoms with E-state index in [1.165, 1.54) is 30.5 Å². The van der Waals surface area contributed by atoms with Crippen molar-refractivity contribution in [2.75, 3.05) is 5.32 Å². The summed E-state index contributed by atoms with van der Waals surface area (Å²) in [6.45, 7) is 4.54. The van der Waals surface area contributed by atoms with Crippen LogP contribution in [0.4, 0.5) is 5.69 Å². The molecule has 1 saturated carbocycles. The second kappa shape index (κ2) is 4.79. The van der Waals surface area contributed by atoms with E-state index in [0.29, 0.717) is 12.0 Å². The molecule has 0 aliphatic heterocycles. The van der Waals surface area contributed by atoms with Gasteiger partial charge >= 0.3 is 0 Å². The summed E-state index contributed by atoms with van der Waals surface area (Å²) < 4.78 is 0. The molecule has 4 atom stereocenters. The van der Waals surface area contributed by atoms with Crippen LogP contribution in [0.3, 0.4) is 0 Å². The van der Waals surface area contributed by atoms with E-state index in [1.54, 1.807) is 0 Å². The Kier molecular flexibility index (Phi) is 3.15. The van der Waals surface area contributed by atoms with Crippen LogP contribution in [0, 0.1) is 11.8 Å². The molecule has 1 N–H and O–H groups in total. The monoisotopic (exact) mass is 241 g/mol. The first-order valence-corrected chi connectivity index (χ1v) is 7.31. The average Bonchev–Trinajstić information content (AvgIpc) is 2.77. The maximum absolute atomic E-state index is 3.68. The van der Waals surface area contributed by atoms with Crippen molar-refractivity contribution in [3.8, 4) is 0 Å². The van der Waals surface area contributed by atoms with Crippen molar-refractivity contribution in [1.29, 1.82) is 0 Å². The molecule has 96 valence electrons. The molecule has 0 spiro atoms. The first-order valence-electron chi connectivity index (χ1n) is 7.31. The predicted molar refractivity (Wildman–Crippen MR) is 77.9 cm³/mol. The van der Waals surface area contributed by atoms with Gasteiger partial charge in [-0.3, -0.25) is 0 Å². The van der Waals surface area contributed by atoms with Gasteiger partial charge in [-0.2, -0.15) is 0 Å². The van der Waals surface area contributed by atoms with Crippen LogP contribution in [-0.2, 0) is 0 Å². The highest BCUT2D eigenvalue weighted by Gasteiger charge is 2.40. The third-order valence-corrected chi connectivity index (χ3v) is 4.81. The number of hydrogen-bond acceptors (Lipinski definition) is 1. The van der Waals surface area contributed by atoms with Crippen molar-refractivity contribution in [3.63, 3.8) is 0 Å². The minimum absolute atomic E-state index is 0.670. The molecule has 1 fully saturated rings. The molecule has 2 aliphatic rings. The fourth-order valence-electron chi connectivity index (χ4n) is 3.24. The fraction of sp³-hybridized carbons (Fsp3) is 0.529. The third kappa shape index (κ3) is 2.07. The van der Waals surface area contributed by atoms with Crippen LogP contribution in [0.15, 0.2) is 36.4 Å². The van der Waals surface area contributed by atoms with Crippen LogP contribution < -0.4 is 5.32 Å². The van der Waals surface area contributed by atoms with Crippen molar-refractivity contribution >= 4 is 5.69 Å². The standard InChI is InChI=1S/C17H23N/c1-3-12(2)13-7-9-15(10-8-13)18-17-11-14-5-4-6-16(14)17/h4,6-10,12,14,16-18H,3,5,11H2,1-2H3. The number of fused-ring (bicyclic) bond motifs is 1. The van der Waals surface area contributed by atoms with Crippen molar-refractivity contribution in [1.82, 2.24) is 0 Å². The summed E-state index contributed by atoms with van der Waals surface area (Å²) in [5.74, 6) is 2.39. The molecule has 0 amide bonds. The lowest BCUT2D eigenvalue weighted by Crippen LogP contribution is -2.43. The Balaban J connectivity index is 1.62. The summed E-state index contributed by atoms with van der Waals surface area (Å²) in [4.78, 5) is 0.